The molecule has 4 rings (SSSR count). The molecule has 124 valence electrons. The van der Waals surface area contributed by atoms with Crippen molar-refractivity contribution in [1.82, 2.24) is 15.4 Å². The van der Waals surface area contributed by atoms with Gasteiger partial charge in [0.2, 0.25) is 5.95 Å². The van der Waals surface area contributed by atoms with Gasteiger partial charge in [0.25, 0.3) is 5.91 Å². The highest BCUT2D eigenvalue weighted by molar-refractivity contribution is 5.92. The predicted molar refractivity (Wildman–Crippen MR) is 89.4 cm³/mol. The molecule has 3 heterocycles. The first kappa shape index (κ1) is 14.9. The zero-order valence-corrected chi connectivity index (χ0v) is 13.4. The Labute approximate surface area is 139 Å². The second kappa shape index (κ2) is 5.76. The largest absolute Gasteiger partial charge is 0.381 e. The summed E-state index contributed by atoms with van der Waals surface area (Å²) in [7, 11) is 0. The predicted octanol–water partition coefficient (Wildman–Crippen LogP) is 1.69. The fraction of sp³-hybridized carbons (Fsp3) is 0.353. The van der Waals surface area contributed by atoms with Gasteiger partial charge in [-0.15, -0.1) is 0 Å². The summed E-state index contributed by atoms with van der Waals surface area (Å²) in [5.41, 5.74) is 5.68. The second-order valence-electron chi connectivity index (χ2n) is 6.40. The van der Waals surface area contributed by atoms with Crippen LogP contribution in [0.25, 0.3) is 0 Å². The van der Waals surface area contributed by atoms with E-state index in [9.17, 15) is 4.79 Å². The number of aryl methyl sites for hydroxylation is 1. The number of benzene rings is 1. The van der Waals surface area contributed by atoms with E-state index < -0.39 is 5.91 Å². The van der Waals surface area contributed by atoms with Gasteiger partial charge < -0.3 is 10.2 Å². The van der Waals surface area contributed by atoms with E-state index in [1.807, 2.05) is 0 Å². The van der Waals surface area contributed by atoms with Gasteiger partial charge >= 0.3 is 0 Å². The molecule has 7 heteroatoms. The summed E-state index contributed by atoms with van der Waals surface area (Å²) in [5, 5.41) is 12.3. The fourth-order valence-corrected chi connectivity index (χ4v) is 3.61. The van der Waals surface area contributed by atoms with Gasteiger partial charge in [-0.05, 0) is 25.0 Å². The van der Waals surface area contributed by atoms with Crippen molar-refractivity contribution in [2.45, 2.75) is 25.3 Å². The molecule has 1 aromatic heterocycles. The average molecular weight is 325 g/mol. The number of rotatable bonds is 2. The number of carbonyl (C=O) groups excluding carboxylic acids is 1. The summed E-state index contributed by atoms with van der Waals surface area (Å²) in [5.74, 6) is 0.423. The number of nitrogens with zero attached hydrogens (tertiary/aromatic N) is 3. The minimum atomic E-state index is -0.607. The maximum Gasteiger partial charge on any atom is 0.277 e. The zero-order valence-electron chi connectivity index (χ0n) is 13.4. The van der Waals surface area contributed by atoms with Crippen molar-refractivity contribution in [3.05, 3.63) is 47.3 Å². The van der Waals surface area contributed by atoms with Gasteiger partial charge in [-0.25, -0.2) is 15.4 Å². The smallest absolute Gasteiger partial charge is 0.277 e. The molecule has 0 aliphatic carbocycles. The standard InChI is InChI=1S/C17H19N5O2/c1-10-2-3-14-12(6-10)13-9-22(5-4-15(13)20-14)17-18-7-11(8-19-17)16(23)21-24/h2-3,6-8,13,15,20,24H,4-5,9H2,1H3,(H,21,23). The molecule has 0 bridgehead atoms. The number of hydrogen-bond acceptors (Lipinski definition) is 6. The molecule has 0 saturated carbocycles. The van der Waals surface area contributed by atoms with Crippen LogP contribution in [0.2, 0.25) is 0 Å². The van der Waals surface area contributed by atoms with Crippen molar-refractivity contribution >= 4 is 17.5 Å². The third-order valence-corrected chi connectivity index (χ3v) is 4.85. The maximum absolute atomic E-state index is 11.4. The van der Waals surface area contributed by atoms with Crippen LogP contribution in [0.3, 0.4) is 0 Å². The topological polar surface area (TPSA) is 90.4 Å². The lowest BCUT2D eigenvalue weighted by Crippen LogP contribution is -2.42. The van der Waals surface area contributed by atoms with Crippen LogP contribution in [-0.2, 0) is 0 Å². The molecule has 2 atom stereocenters. The number of anilines is 2. The number of hydroxylamine groups is 1. The molecule has 1 aromatic carbocycles. The van der Waals surface area contributed by atoms with Gasteiger partial charge in [0.15, 0.2) is 0 Å². The Morgan fingerprint density at radius 2 is 2.17 bits per heavy atom. The van der Waals surface area contributed by atoms with Crippen molar-refractivity contribution in [3.8, 4) is 0 Å². The van der Waals surface area contributed by atoms with Crippen molar-refractivity contribution in [2.75, 3.05) is 23.3 Å². The van der Waals surface area contributed by atoms with Gasteiger partial charge in [-0.2, -0.15) is 0 Å². The van der Waals surface area contributed by atoms with Crippen LogP contribution in [0, 0.1) is 6.92 Å². The van der Waals surface area contributed by atoms with E-state index in [0.29, 0.717) is 17.9 Å². The SMILES string of the molecule is Cc1ccc2c(c1)C1CN(c3ncc(C(=O)NO)cn3)CCC1N2. The molecule has 2 aliphatic rings. The Hall–Kier alpha value is -2.67. The van der Waals surface area contributed by atoms with Crippen LogP contribution in [0.1, 0.15) is 33.8 Å². The summed E-state index contributed by atoms with van der Waals surface area (Å²) in [6.45, 7) is 3.83. The van der Waals surface area contributed by atoms with Gasteiger partial charge in [-0.1, -0.05) is 17.7 Å². The summed E-state index contributed by atoms with van der Waals surface area (Å²) in [6.07, 6.45) is 3.89. The highest BCUT2D eigenvalue weighted by Gasteiger charge is 2.37. The minimum Gasteiger partial charge on any atom is -0.381 e. The molecular weight excluding hydrogens is 306 g/mol. The lowest BCUT2D eigenvalue weighted by atomic mass is 9.89. The summed E-state index contributed by atoms with van der Waals surface area (Å²) < 4.78 is 0. The van der Waals surface area contributed by atoms with E-state index in [1.165, 1.54) is 29.2 Å². The lowest BCUT2D eigenvalue weighted by molar-refractivity contribution is 0.0705. The molecule has 2 aliphatic heterocycles. The lowest BCUT2D eigenvalue weighted by Gasteiger charge is -2.35. The number of piperidine rings is 1. The molecule has 1 saturated heterocycles. The minimum absolute atomic E-state index is 0.236. The summed E-state index contributed by atoms with van der Waals surface area (Å²) in [4.78, 5) is 22.1. The molecule has 7 nitrogen and oxygen atoms in total. The van der Waals surface area contributed by atoms with E-state index in [0.717, 1.165) is 19.5 Å². The van der Waals surface area contributed by atoms with Crippen LogP contribution in [0.4, 0.5) is 11.6 Å². The van der Waals surface area contributed by atoms with E-state index >= 15 is 0 Å². The zero-order chi connectivity index (χ0) is 16.7. The van der Waals surface area contributed by atoms with E-state index in [1.54, 1.807) is 5.48 Å². The van der Waals surface area contributed by atoms with Crippen LogP contribution < -0.4 is 15.7 Å². The number of amides is 1. The van der Waals surface area contributed by atoms with Gasteiger partial charge in [-0.3, -0.25) is 10.0 Å². The Morgan fingerprint density at radius 3 is 2.92 bits per heavy atom. The van der Waals surface area contributed by atoms with Crippen LogP contribution in [-0.4, -0.2) is 40.2 Å². The molecule has 24 heavy (non-hydrogen) atoms. The second-order valence-corrected chi connectivity index (χ2v) is 6.40. The molecular formula is C17H19N5O2. The molecule has 2 unspecified atom stereocenters. The van der Waals surface area contributed by atoms with Crippen molar-refractivity contribution in [2.24, 2.45) is 0 Å². The van der Waals surface area contributed by atoms with Crippen LogP contribution >= 0.6 is 0 Å². The highest BCUT2D eigenvalue weighted by atomic mass is 16.5. The molecule has 1 fully saturated rings. The third-order valence-electron chi connectivity index (χ3n) is 4.85. The van der Waals surface area contributed by atoms with Gasteiger partial charge in [0, 0.05) is 43.1 Å². The van der Waals surface area contributed by atoms with Crippen molar-refractivity contribution < 1.29 is 10.0 Å². The number of aromatic nitrogens is 2. The first-order valence-electron chi connectivity index (χ1n) is 8.04. The van der Waals surface area contributed by atoms with Crippen molar-refractivity contribution in [3.63, 3.8) is 0 Å². The average Bonchev–Trinajstić information content (AvgIpc) is 2.98. The molecule has 2 aromatic rings. The van der Waals surface area contributed by atoms with Crippen LogP contribution in [0.5, 0.6) is 0 Å². The number of hydrogen-bond donors (Lipinski definition) is 3. The van der Waals surface area contributed by atoms with E-state index in [2.05, 4.69) is 45.3 Å². The number of fused-ring (bicyclic) bond motifs is 3. The monoisotopic (exact) mass is 325 g/mol. The Balaban J connectivity index is 1.56. The van der Waals surface area contributed by atoms with E-state index in [4.69, 9.17) is 5.21 Å². The first-order chi connectivity index (χ1) is 11.7. The summed E-state index contributed by atoms with van der Waals surface area (Å²) >= 11 is 0. The molecule has 0 radical (unpaired) electrons. The Kier molecular flexibility index (Phi) is 3.57. The van der Waals surface area contributed by atoms with Crippen LogP contribution in [0.15, 0.2) is 30.6 Å². The molecule has 3 N–H and O–H groups in total. The first-order valence-corrected chi connectivity index (χ1v) is 8.04. The maximum atomic E-state index is 11.4. The fourth-order valence-electron chi connectivity index (χ4n) is 3.61. The summed E-state index contributed by atoms with van der Waals surface area (Å²) in [6, 6.07) is 7.00. The normalized spacial score (nSPS) is 21.7. The van der Waals surface area contributed by atoms with E-state index in [-0.39, 0.29) is 5.56 Å². The van der Waals surface area contributed by atoms with Gasteiger partial charge in [0.05, 0.1) is 5.56 Å². The van der Waals surface area contributed by atoms with Crippen molar-refractivity contribution in [1.29, 1.82) is 0 Å². The Morgan fingerprint density at radius 1 is 1.38 bits per heavy atom. The number of nitrogens with one attached hydrogen (secondary N) is 2. The van der Waals surface area contributed by atoms with Gasteiger partial charge in [0.1, 0.15) is 0 Å². The number of carbonyl (C=O) groups is 1. The Bertz CT molecular complexity index is 777. The molecule has 0 spiro atoms. The molecule has 1 amide bonds. The third kappa shape index (κ3) is 2.46. The quantitative estimate of drug-likeness (QED) is 0.575. The highest BCUT2D eigenvalue weighted by Crippen LogP contribution is 2.40.